The van der Waals surface area contributed by atoms with Crippen LogP contribution in [0.1, 0.15) is 65.7 Å². The third kappa shape index (κ3) is 2.92. The molecule has 0 aliphatic carbocycles. The molecule has 0 aromatic heterocycles. The molecule has 1 atom stereocenters. The predicted octanol–water partition coefficient (Wildman–Crippen LogP) is 4.35. The molecule has 1 unspecified atom stereocenters. The van der Waals surface area contributed by atoms with Crippen LogP contribution in [0.3, 0.4) is 0 Å². The van der Waals surface area contributed by atoms with Gasteiger partial charge in [-0.1, -0.05) is 26.7 Å². The van der Waals surface area contributed by atoms with Crippen molar-refractivity contribution in [3.63, 3.8) is 0 Å². The summed E-state index contributed by atoms with van der Waals surface area (Å²) < 4.78 is 10.9. The number of benzene rings is 1. The van der Waals surface area contributed by atoms with E-state index in [0.29, 0.717) is 12.5 Å². The lowest BCUT2D eigenvalue weighted by Crippen LogP contribution is -2.08. The van der Waals surface area contributed by atoms with Crippen LogP contribution in [0.5, 0.6) is 5.75 Å². The van der Waals surface area contributed by atoms with Gasteiger partial charge in [0.05, 0.1) is 12.7 Å². The molecule has 1 heterocycles. The molecule has 0 saturated heterocycles. The molecule has 1 aromatic carbocycles. The zero-order chi connectivity index (χ0) is 15.6. The minimum absolute atomic E-state index is 0.184. The van der Waals surface area contributed by atoms with E-state index in [1.807, 2.05) is 13.8 Å². The number of carbonyl (C=O) groups is 1. The number of carbonyl (C=O) groups excluding carboxylic acids is 1. The fourth-order valence-corrected chi connectivity index (χ4v) is 3.37. The number of esters is 1. The van der Waals surface area contributed by atoms with Crippen LogP contribution in [0.25, 0.3) is 0 Å². The van der Waals surface area contributed by atoms with Crippen molar-refractivity contribution in [1.29, 1.82) is 0 Å². The van der Waals surface area contributed by atoms with Gasteiger partial charge in [-0.05, 0) is 49.3 Å². The van der Waals surface area contributed by atoms with E-state index in [2.05, 4.69) is 13.8 Å². The number of methoxy groups -OCH3 is 1. The Morgan fingerprint density at radius 1 is 1.24 bits per heavy atom. The molecule has 0 radical (unpaired) electrons. The van der Waals surface area contributed by atoms with Crippen molar-refractivity contribution in [1.82, 2.24) is 0 Å². The summed E-state index contributed by atoms with van der Waals surface area (Å²) in [6.07, 6.45) is 4.54. The van der Waals surface area contributed by atoms with Crippen molar-refractivity contribution in [3.8, 4) is 5.75 Å². The van der Waals surface area contributed by atoms with E-state index in [9.17, 15) is 4.79 Å². The molecule has 21 heavy (non-hydrogen) atoms. The summed E-state index contributed by atoms with van der Waals surface area (Å²) in [6, 6.07) is 0. The highest BCUT2D eigenvalue weighted by Crippen LogP contribution is 2.38. The van der Waals surface area contributed by atoms with Crippen molar-refractivity contribution in [2.45, 2.75) is 60.0 Å². The largest absolute Gasteiger partial charge is 0.496 e. The Hall–Kier alpha value is -1.51. The highest BCUT2D eigenvalue weighted by molar-refractivity contribution is 5.96. The number of ether oxygens (including phenoxy) is 2. The van der Waals surface area contributed by atoms with Gasteiger partial charge in [0, 0.05) is 5.56 Å². The highest BCUT2D eigenvalue weighted by atomic mass is 16.5. The smallest absolute Gasteiger partial charge is 0.339 e. The van der Waals surface area contributed by atoms with Gasteiger partial charge in [0.25, 0.3) is 0 Å². The molecule has 0 saturated carbocycles. The van der Waals surface area contributed by atoms with Crippen LogP contribution in [0.15, 0.2) is 0 Å². The third-order valence-electron chi connectivity index (χ3n) is 4.62. The van der Waals surface area contributed by atoms with Gasteiger partial charge < -0.3 is 9.47 Å². The Balaban J connectivity index is 2.38. The average molecular weight is 290 g/mol. The minimum Gasteiger partial charge on any atom is -0.496 e. The van der Waals surface area contributed by atoms with E-state index >= 15 is 0 Å². The molecule has 1 aliphatic heterocycles. The standard InChI is InChI=1S/C18H26O3/c1-6-7-11(2)8-9-14-12(3)16-15(10-21-18(16)19)13(4)17(14)20-5/h11H,6-10H2,1-5H3. The van der Waals surface area contributed by atoms with E-state index in [1.54, 1.807) is 7.11 Å². The first-order valence-electron chi connectivity index (χ1n) is 7.87. The van der Waals surface area contributed by atoms with Gasteiger partial charge >= 0.3 is 5.97 Å². The van der Waals surface area contributed by atoms with Crippen LogP contribution >= 0.6 is 0 Å². The molecule has 0 bridgehead atoms. The molecule has 2 rings (SSSR count). The Bertz CT molecular complexity index is 546. The fraction of sp³-hybridized carbons (Fsp3) is 0.611. The van der Waals surface area contributed by atoms with E-state index < -0.39 is 0 Å². The maximum absolute atomic E-state index is 12.0. The summed E-state index contributed by atoms with van der Waals surface area (Å²) in [5.41, 5.74) is 5.04. The second kappa shape index (κ2) is 6.50. The van der Waals surface area contributed by atoms with Crippen molar-refractivity contribution in [3.05, 3.63) is 27.8 Å². The molecule has 116 valence electrons. The second-order valence-electron chi connectivity index (χ2n) is 6.12. The van der Waals surface area contributed by atoms with Crippen LogP contribution in [-0.2, 0) is 17.8 Å². The number of cyclic esters (lactones) is 1. The molecular weight excluding hydrogens is 264 g/mol. The fourth-order valence-electron chi connectivity index (χ4n) is 3.37. The summed E-state index contributed by atoms with van der Waals surface area (Å²) in [5.74, 6) is 1.45. The Morgan fingerprint density at radius 3 is 2.57 bits per heavy atom. The molecule has 0 N–H and O–H groups in total. The van der Waals surface area contributed by atoms with Crippen LogP contribution in [0, 0.1) is 19.8 Å². The van der Waals surface area contributed by atoms with Crippen molar-refractivity contribution in [2.75, 3.05) is 7.11 Å². The molecule has 0 fully saturated rings. The predicted molar refractivity (Wildman–Crippen MR) is 84.0 cm³/mol. The maximum atomic E-state index is 12.0. The van der Waals surface area contributed by atoms with Gasteiger partial charge in [-0.25, -0.2) is 4.79 Å². The number of hydrogen-bond donors (Lipinski definition) is 0. The topological polar surface area (TPSA) is 35.5 Å². The minimum atomic E-state index is -0.184. The summed E-state index contributed by atoms with van der Waals surface area (Å²) in [5, 5.41) is 0. The van der Waals surface area contributed by atoms with E-state index in [1.165, 1.54) is 18.4 Å². The SMILES string of the molecule is CCCC(C)CCc1c(C)c2c(c(C)c1OC)COC2=O. The Labute approximate surface area is 127 Å². The van der Waals surface area contributed by atoms with Gasteiger partial charge in [0.15, 0.2) is 0 Å². The van der Waals surface area contributed by atoms with Gasteiger partial charge in [0.2, 0.25) is 0 Å². The van der Waals surface area contributed by atoms with Gasteiger partial charge in [-0.15, -0.1) is 0 Å². The molecule has 0 amide bonds. The van der Waals surface area contributed by atoms with E-state index in [-0.39, 0.29) is 5.97 Å². The zero-order valence-electron chi connectivity index (χ0n) is 13.8. The lowest BCUT2D eigenvalue weighted by molar-refractivity contribution is 0.0534. The summed E-state index contributed by atoms with van der Waals surface area (Å²) in [7, 11) is 1.71. The van der Waals surface area contributed by atoms with Crippen LogP contribution in [0.4, 0.5) is 0 Å². The van der Waals surface area contributed by atoms with Crippen molar-refractivity contribution in [2.24, 2.45) is 5.92 Å². The molecule has 1 aliphatic rings. The van der Waals surface area contributed by atoms with E-state index in [0.717, 1.165) is 40.8 Å². The first kappa shape index (κ1) is 15.9. The van der Waals surface area contributed by atoms with Crippen LogP contribution in [0.2, 0.25) is 0 Å². The van der Waals surface area contributed by atoms with Crippen molar-refractivity contribution < 1.29 is 14.3 Å². The summed E-state index contributed by atoms with van der Waals surface area (Å²) in [6.45, 7) is 8.94. The Kier molecular flexibility index (Phi) is 4.92. The van der Waals surface area contributed by atoms with Crippen LogP contribution < -0.4 is 4.74 Å². The van der Waals surface area contributed by atoms with Gasteiger partial charge in [-0.2, -0.15) is 0 Å². The molecular formula is C18H26O3. The van der Waals surface area contributed by atoms with Crippen LogP contribution in [-0.4, -0.2) is 13.1 Å². The quantitative estimate of drug-likeness (QED) is 0.731. The van der Waals surface area contributed by atoms with Gasteiger partial charge in [0.1, 0.15) is 12.4 Å². The molecule has 3 nitrogen and oxygen atoms in total. The summed E-state index contributed by atoms with van der Waals surface area (Å²) in [4.78, 5) is 12.0. The molecule has 3 heteroatoms. The first-order chi connectivity index (χ1) is 10.0. The summed E-state index contributed by atoms with van der Waals surface area (Å²) >= 11 is 0. The number of hydrogen-bond acceptors (Lipinski definition) is 3. The lowest BCUT2D eigenvalue weighted by atomic mass is 9.88. The lowest BCUT2D eigenvalue weighted by Gasteiger charge is -2.19. The second-order valence-corrected chi connectivity index (χ2v) is 6.12. The third-order valence-corrected chi connectivity index (χ3v) is 4.62. The highest BCUT2D eigenvalue weighted by Gasteiger charge is 2.30. The van der Waals surface area contributed by atoms with Gasteiger partial charge in [-0.3, -0.25) is 0 Å². The normalized spacial score (nSPS) is 14.8. The molecule has 0 spiro atoms. The first-order valence-corrected chi connectivity index (χ1v) is 7.87. The monoisotopic (exact) mass is 290 g/mol. The Morgan fingerprint density at radius 2 is 1.95 bits per heavy atom. The number of fused-ring (bicyclic) bond motifs is 1. The maximum Gasteiger partial charge on any atom is 0.339 e. The van der Waals surface area contributed by atoms with E-state index in [4.69, 9.17) is 9.47 Å². The number of rotatable bonds is 6. The molecule has 1 aromatic rings. The van der Waals surface area contributed by atoms with Crippen molar-refractivity contribution >= 4 is 5.97 Å². The average Bonchev–Trinajstić information content (AvgIpc) is 2.84. The zero-order valence-corrected chi connectivity index (χ0v) is 13.8.